The Balaban J connectivity index is 2.49. The topological polar surface area (TPSA) is 3.24 Å². The molecule has 0 N–H and O–H groups in total. The van der Waals surface area contributed by atoms with Crippen molar-refractivity contribution in [2.24, 2.45) is 5.92 Å². The van der Waals surface area contributed by atoms with Gasteiger partial charge < -0.3 is 4.90 Å². The Morgan fingerprint density at radius 2 is 1.79 bits per heavy atom. The molecule has 0 spiro atoms. The van der Waals surface area contributed by atoms with E-state index in [1.54, 1.807) is 0 Å². The highest BCUT2D eigenvalue weighted by molar-refractivity contribution is 7.84. The SMILES string of the molecule is CC(C)=C/C=C(\S)C1CCN(C)CC1. The Kier molecular flexibility index (Phi) is 4.76. The van der Waals surface area contributed by atoms with Crippen LogP contribution in [0.5, 0.6) is 0 Å². The highest BCUT2D eigenvalue weighted by Crippen LogP contribution is 2.26. The summed E-state index contributed by atoms with van der Waals surface area (Å²) < 4.78 is 0. The molecule has 1 rings (SSSR count). The molecule has 0 amide bonds. The van der Waals surface area contributed by atoms with Gasteiger partial charge >= 0.3 is 0 Å². The summed E-state index contributed by atoms with van der Waals surface area (Å²) in [7, 11) is 2.19. The van der Waals surface area contributed by atoms with Crippen molar-refractivity contribution in [2.45, 2.75) is 26.7 Å². The van der Waals surface area contributed by atoms with E-state index in [9.17, 15) is 0 Å². The summed E-state index contributed by atoms with van der Waals surface area (Å²) in [4.78, 5) is 3.64. The number of hydrogen-bond acceptors (Lipinski definition) is 2. The second kappa shape index (κ2) is 5.62. The lowest BCUT2D eigenvalue weighted by molar-refractivity contribution is 0.242. The zero-order valence-corrected chi connectivity index (χ0v) is 10.3. The Morgan fingerprint density at radius 3 is 2.29 bits per heavy atom. The largest absolute Gasteiger partial charge is 0.306 e. The Morgan fingerprint density at radius 1 is 1.21 bits per heavy atom. The summed E-state index contributed by atoms with van der Waals surface area (Å²) in [5.41, 5.74) is 1.34. The van der Waals surface area contributed by atoms with Crippen LogP contribution < -0.4 is 0 Å². The van der Waals surface area contributed by atoms with Crippen LogP contribution >= 0.6 is 12.6 Å². The van der Waals surface area contributed by atoms with Crippen molar-refractivity contribution in [3.05, 3.63) is 22.6 Å². The molecule has 1 aliphatic heterocycles. The Labute approximate surface area is 93.3 Å². The maximum absolute atomic E-state index is 4.58. The zero-order valence-electron chi connectivity index (χ0n) is 9.45. The second-order valence-corrected chi connectivity index (χ2v) is 4.93. The van der Waals surface area contributed by atoms with Crippen LogP contribution in [-0.2, 0) is 0 Å². The van der Waals surface area contributed by atoms with Gasteiger partial charge in [0.2, 0.25) is 0 Å². The van der Waals surface area contributed by atoms with Gasteiger partial charge in [-0.05, 0) is 57.6 Å². The third-order valence-electron chi connectivity index (χ3n) is 2.72. The first kappa shape index (κ1) is 11.9. The Hall–Kier alpha value is -0.210. The lowest BCUT2D eigenvalue weighted by Gasteiger charge is -2.28. The molecule has 0 unspecified atom stereocenters. The molecule has 1 nitrogen and oxygen atoms in total. The molecule has 2 heteroatoms. The van der Waals surface area contributed by atoms with Gasteiger partial charge in [0, 0.05) is 0 Å². The highest BCUT2D eigenvalue weighted by atomic mass is 32.1. The molecule has 0 aromatic carbocycles. The van der Waals surface area contributed by atoms with Crippen molar-refractivity contribution in [1.29, 1.82) is 0 Å². The fourth-order valence-electron chi connectivity index (χ4n) is 1.69. The summed E-state index contributed by atoms with van der Waals surface area (Å²) in [6, 6.07) is 0. The van der Waals surface area contributed by atoms with Gasteiger partial charge in [0.25, 0.3) is 0 Å². The van der Waals surface area contributed by atoms with E-state index < -0.39 is 0 Å². The number of hydrogen-bond donors (Lipinski definition) is 1. The summed E-state index contributed by atoms with van der Waals surface area (Å²) in [5, 5.41) is 0. The quantitative estimate of drug-likeness (QED) is 0.542. The lowest BCUT2D eigenvalue weighted by atomic mass is 9.96. The average molecular weight is 211 g/mol. The minimum atomic E-state index is 0.685. The number of thiol groups is 1. The average Bonchev–Trinajstić information content (AvgIpc) is 2.15. The molecule has 1 heterocycles. The molecule has 80 valence electrons. The van der Waals surface area contributed by atoms with Crippen molar-refractivity contribution in [2.75, 3.05) is 20.1 Å². The molecule has 0 atom stereocenters. The molecule has 0 aliphatic carbocycles. The zero-order chi connectivity index (χ0) is 10.6. The molecule has 0 aromatic heterocycles. The number of allylic oxidation sites excluding steroid dienone is 4. The predicted octanol–water partition coefficient (Wildman–Crippen LogP) is 3.11. The van der Waals surface area contributed by atoms with Gasteiger partial charge in [0.1, 0.15) is 0 Å². The number of likely N-dealkylation sites (tertiary alicyclic amines) is 1. The van der Waals surface area contributed by atoms with Crippen LogP contribution in [-0.4, -0.2) is 25.0 Å². The molecule has 1 saturated heterocycles. The number of piperidine rings is 1. The van der Waals surface area contributed by atoms with Crippen LogP contribution in [0.15, 0.2) is 22.6 Å². The highest BCUT2D eigenvalue weighted by Gasteiger charge is 2.17. The maximum atomic E-state index is 4.58. The van der Waals surface area contributed by atoms with Crippen molar-refractivity contribution < 1.29 is 0 Å². The van der Waals surface area contributed by atoms with Gasteiger partial charge in [0.05, 0.1) is 0 Å². The van der Waals surface area contributed by atoms with E-state index in [0.29, 0.717) is 5.92 Å². The van der Waals surface area contributed by atoms with Crippen LogP contribution in [0, 0.1) is 5.92 Å². The minimum Gasteiger partial charge on any atom is -0.306 e. The number of rotatable bonds is 2. The van der Waals surface area contributed by atoms with E-state index in [1.807, 2.05) is 0 Å². The summed E-state index contributed by atoms with van der Waals surface area (Å²) >= 11 is 4.58. The van der Waals surface area contributed by atoms with Crippen molar-refractivity contribution in [3.63, 3.8) is 0 Å². The van der Waals surface area contributed by atoms with Gasteiger partial charge in [-0.15, -0.1) is 12.6 Å². The van der Waals surface area contributed by atoms with Crippen molar-refractivity contribution in [1.82, 2.24) is 4.90 Å². The van der Waals surface area contributed by atoms with Gasteiger partial charge in [-0.25, -0.2) is 0 Å². The third kappa shape index (κ3) is 3.89. The normalized spacial score (nSPS) is 21.0. The molecule has 0 bridgehead atoms. The van der Waals surface area contributed by atoms with E-state index in [0.717, 1.165) is 0 Å². The van der Waals surface area contributed by atoms with Crippen LogP contribution in [0.4, 0.5) is 0 Å². The third-order valence-corrected chi connectivity index (χ3v) is 3.24. The van der Waals surface area contributed by atoms with Crippen molar-refractivity contribution >= 4 is 12.6 Å². The van der Waals surface area contributed by atoms with Gasteiger partial charge in [0.15, 0.2) is 0 Å². The lowest BCUT2D eigenvalue weighted by Crippen LogP contribution is -2.30. The molecular formula is C12H21NS. The van der Waals surface area contributed by atoms with E-state index in [2.05, 4.69) is 50.6 Å². The minimum absolute atomic E-state index is 0.685. The maximum Gasteiger partial charge on any atom is -0.00158 e. The summed E-state index contributed by atoms with van der Waals surface area (Å²) in [6.07, 6.45) is 6.82. The summed E-state index contributed by atoms with van der Waals surface area (Å²) in [6.45, 7) is 6.65. The van der Waals surface area contributed by atoms with E-state index >= 15 is 0 Å². The molecular weight excluding hydrogens is 190 g/mol. The first-order valence-electron chi connectivity index (χ1n) is 5.32. The van der Waals surface area contributed by atoms with Crippen LogP contribution in [0.3, 0.4) is 0 Å². The molecule has 1 fully saturated rings. The van der Waals surface area contributed by atoms with Gasteiger partial charge in [-0.1, -0.05) is 17.7 Å². The number of nitrogens with zero attached hydrogens (tertiary/aromatic N) is 1. The van der Waals surface area contributed by atoms with E-state index in [1.165, 1.54) is 36.4 Å². The van der Waals surface area contributed by atoms with E-state index in [-0.39, 0.29) is 0 Å². The monoisotopic (exact) mass is 211 g/mol. The molecule has 14 heavy (non-hydrogen) atoms. The standard InChI is InChI=1S/C12H21NS/c1-10(2)4-5-12(14)11-6-8-13(3)9-7-11/h4-5,11,14H,6-9H2,1-3H3/b12-5-. The van der Waals surface area contributed by atoms with Crippen LogP contribution in [0.1, 0.15) is 26.7 Å². The Bertz CT molecular complexity index is 231. The van der Waals surface area contributed by atoms with Crippen LogP contribution in [0.2, 0.25) is 0 Å². The molecule has 1 aliphatic rings. The fourth-order valence-corrected chi connectivity index (χ4v) is 2.03. The van der Waals surface area contributed by atoms with E-state index in [4.69, 9.17) is 0 Å². The molecule has 0 radical (unpaired) electrons. The molecule has 0 aromatic rings. The van der Waals surface area contributed by atoms with Gasteiger partial charge in [-0.3, -0.25) is 0 Å². The fraction of sp³-hybridized carbons (Fsp3) is 0.667. The molecule has 0 saturated carbocycles. The second-order valence-electron chi connectivity index (χ2n) is 4.41. The first-order chi connectivity index (χ1) is 6.59. The first-order valence-corrected chi connectivity index (χ1v) is 5.77. The van der Waals surface area contributed by atoms with Gasteiger partial charge in [-0.2, -0.15) is 0 Å². The predicted molar refractivity (Wildman–Crippen MR) is 66.7 cm³/mol. The summed E-state index contributed by atoms with van der Waals surface area (Å²) in [5.74, 6) is 0.685. The van der Waals surface area contributed by atoms with Crippen molar-refractivity contribution in [3.8, 4) is 0 Å². The van der Waals surface area contributed by atoms with Crippen LogP contribution in [0.25, 0.3) is 0 Å². The smallest absolute Gasteiger partial charge is 0.00158 e.